The molecule has 0 atom stereocenters. The first kappa shape index (κ1) is 45.4. The number of nitrogens with zero attached hydrogens (tertiary/aromatic N) is 2. The summed E-state index contributed by atoms with van der Waals surface area (Å²) in [5.74, 6) is -1.56. The normalized spacial score (nSPS) is 8.32. The molecule has 0 aliphatic rings. The van der Waals surface area contributed by atoms with Gasteiger partial charge in [0.15, 0.2) is 0 Å². The van der Waals surface area contributed by atoms with E-state index in [0.717, 1.165) is 25.7 Å². The summed E-state index contributed by atoms with van der Waals surface area (Å²) in [7, 11) is 12.0. The van der Waals surface area contributed by atoms with E-state index in [4.69, 9.17) is 5.11 Å². The highest BCUT2D eigenvalue weighted by Gasteiger charge is 1.96. The Balaban J connectivity index is -0.0000000744. The third-order valence-corrected chi connectivity index (χ3v) is 2.55. The smallest absolute Gasteiger partial charge is 0.330 e. The number of hydrogen-bond donors (Lipinski definition) is 1. The fraction of sp³-hybridized carbons (Fsp3) is 0.640. The zero-order valence-corrected chi connectivity index (χ0v) is 23.8. The highest BCUT2D eigenvalue weighted by Crippen LogP contribution is 1.93. The first-order valence-corrected chi connectivity index (χ1v) is 11.0. The molecule has 0 aliphatic heterocycles. The van der Waals surface area contributed by atoms with Crippen LogP contribution in [0.1, 0.15) is 52.9 Å². The molecule has 0 heterocycles. The molecule has 204 valence electrons. The first-order valence-electron chi connectivity index (χ1n) is 11.0. The van der Waals surface area contributed by atoms with E-state index in [-0.39, 0.29) is 29.9 Å². The van der Waals surface area contributed by atoms with Gasteiger partial charge in [-0.2, -0.15) is 0 Å². The maximum absolute atomic E-state index is 10.3. The van der Waals surface area contributed by atoms with Crippen molar-refractivity contribution in [2.24, 2.45) is 0 Å². The van der Waals surface area contributed by atoms with Crippen LogP contribution in [0.4, 0.5) is 0 Å². The number of carbonyl (C=O) groups is 3. The Hall–Kier alpha value is -2.16. The Morgan fingerprint density at radius 2 is 1.03 bits per heavy atom. The van der Waals surface area contributed by atoms with E-state index in [1.54, 1.807) is 6.92 Å². The lowest BCUT2D eigenvalue weighted by molar-refractivity contribution is -0.138. The number of aliphatic carboxylic acids is 1. The quantitative estimate of drug-likeness (QED) is 0.253. The van der Waals surface area contributed by atoms with Crippen molar-refractivity contribution < 1.29 is 29.0 Å². The van der Waals surface area contributed by atoms with Crippen molar-refractivity contribution >= 4 is 30.3 Å². The van der Waals surface area contributed by atoms with Crippen LogP contribution in [0.25, 0.3) is 0 Å². The van der Waals surface area contributed by atoms with Crippen LogP contribution < -0.4 is 0 Å². The molecule has 0 amide bonds. The number of esters is 2. The van der Waals surface area contributed by atoms with Gasteiger partial charge in [0.25, 0.3) is 0 Å². The number of carbonyl (C=O) groups excluding carboxylic acids is 2. The molecule has 0 aromatic heterocycles. The van der Waals surface area contributed by atoms with Crippen molar-refractivity contribution in [1.82, 2.24) is 9.80 Å². The van der Waals surface area contributed by atoms with Crippen LogP contribution in [0.3, 0.4) is 0 Å². The molecule has 0 bridgehead atoms. The van der Waals surface area contributed by atoms with Gasteiger partial charge in [-0.05, 0) is 61.5 Å². The van der Waals surface area contributed by atoms with E-state index in [1.807, 2.05) is 65.9 Å². The van der Waals surface area contributed by atoms with Gasteiger partial charge < -0.3 is 24.4 Å². The first-order chi connectivity index (χ1) is 15.3. The van der Waals surface area contributed by atoms with Gasteiger partial charge in [0, 0.05) is 17.7 Å². The van der Waals surface area contributed by atoms with Crippen LogP contribution in [0, 0.1) is 0 Å². The summed E-state index contributed by atoms with van der Waals surface area (Å²) in [5.41, 5.74) is 0.264. The molecular weight excluding hydrogens is 460 g/mol. The van der Waals surface area contributed by atoms with Crippen molar-refractivity contribution in [2.75, 3.05) is 55.5 Å². The van der Waals surface area contributed by atoms with Gasteiger partial charge in [0.2, 0.25) is 0 Å². The summed E-state index contributed by atoms with van der Waals surface area (Å²) in [5, 5.41) is 8.08. The summed E-state index contributed by atoms with van der Waals surface area (Å²) in [6.07, 6.45) is 6.83. The monoisotopic (exact) mass is 510 g/mol. The molecule has 0 unspecified atom stereocenters. The molecular formula is C25H51ClN2O6. The second kappa shape index (κ2) is 38.1. The summed E-state index contributed by atoms with van der Waals surface area (Å²) >= 11 is 0. The fourth-order valence-electron chi connectivity index (χ4n) is 0.903. The molecule has 0 rings (SSSR count). The number of hydrogen-bond acceptors (Lipinski definition) is 7. The minimum absolute atomic E-state index is 0. The van der Waals surface area contributed by atoms with Crippen molar-refractivity contribution in [3.05, 3.63) is 37.5 Å². The molecule has 0 saturated heterocycles. The summed E-state index contributed by atoms with van der Waals surface area (Å²) in [6, 6.07) is 0. The second-order valence-corrected chi connectivity index (χ2v) is 7.40. The van der Waals surface area contributed by atoms with Crippen molar-refractivity contribution in [1.29, 1.82) is 0 Å². The maximum Gasteiger partial charge on any atom is 0.330 e. The van der Waals surface area contributed by atoms with Crippen LogP contribution in [0.15, 0.2) is 37.5 Å². The van der Waals surface area contributed by atoms with Gasteiger partial charge in [0.1, 0.15) is 0 Å². The zero-order valence-electron chi connectivity index (χ0n) is 23.0. The van der Waals surface area contributed by atoms with Gasteiger partial charge >= 0.3 is 17.9 Å². The van der Waals surface area contributed by atoms with Gasteiger partial charge in [-0.25, -0.2) is 14.4 Å². The minimum atomic E-state index is -0.900. The van der Waals surface area contributed by atoms with E-state index >= 15 is 0 Å². The van der Waals surface area contributed by atoms with E-state index < -0.39 is 5.97 Å². The van der Waals surface area contributed by atoms with Crippen LogP contribution in [0.5, 0.6) is 0 Å². The Morgan fingerprint density at radius 1 is 0.765 bits per heavy atom. The third kappa shape index (κ3) is 78.0. The average molecular weight is 511 g/mol. The van der Waals surface area contributed by atoms with Gasteiger partial charge in [-0.1, -0.05) is 53.3 Å². The Morgan fingerprint density at radius 3 is 1.15 bits per heavy atom. The molecule has 34 heavy (non-hydrogen) atoms. The van der Waals surface area contributed by atoms with E-state index in [2.05, 4.69) is 29.2 Å². The van der Waals surface area contributed by atoms with Crippen LogP contribution >= 0.6 is 12.4 Å². The number of carboxylic acid groups (broad SMARTS) is 1. The Labute approximate surface area is 215 Å². The van der Waals surface area contributed by atoms with Crippen molar-refractivity contribution in [3.8, 4) is 0 Å². The molecule has 1 N–H and O–H groups in total. The fourth-order valence-corrected chi connectivity index (χ4v) is 0.903. The number of rotatable bonds is 10. The molecule has 8 nitrogen and oxygen atoms in total. The molecule has 0 radical (unpaired) electrons. The molecule has 0 fully saturated rings. The molecule has 0 aromatic rings. The van der Waals surface area contributed by atoms with Crippen LogP contribution in [-0.4, -0.2) is 88.3 Å². The van der Waals surface area contributed by atoms with Gasteiger partial charge in [-0.15, -0.1) is 12.4 Å². The lowest BCUT2D eigenvalue weighted by atomic mass is 10.2. The zero-order chi connectivity index (χ0) is 27.2. The van der Waals surface area contributed by atoms with E-state index in [0.29, 0.717) is 19.6 Å². The molecule has 0 saturated carbocycles. The van der Waals surface area contributed by atoms with Crippen LogP contribution in [-0.2, 0) is 23.9 Å². The number of ether oxygens (including phenoxy) is 2. The average Bonchev–Trinajstić information content (AvgIpc) is 2.73. The van der Waals surface area contributed by atoms with Gasteiger partial charge in [-0.3, -0.25) is 0 Å². The highest BCUT2D eigenvalue weighted by molar-refractivity contribution is 5.85. The topological polar surface area (TPSA) is 96.4 Å². The standard InChI is InChI=1S/2C7H12O2.C5H8O2.2C3H9N.ClH/c2*1-3-5-6-9-7(8)4-2;1-3-4(2)5(6)7;2*1-4(2)3;/h2*4H,2-3,5-6H2,1H3;2-3H2,1H3,(H,6,7);2*1-3H3;1H. The van der Waals surface area contributed by atoms with E-state index in [9.17, 15) is 14.4 Å². The molecule has 0 aliphatic carbocycles. The number of carboxylic acids is 1. The molecule has 0 aromatic carbocycles. The van der Waals surface area contributed by atoms with Crippen molar-refractivity contribution in [2.45, 2.75) is 52.9 Å². The van der Waals surface area contributed by atoms with Gasteiger partial charge in [0.05, 0.1) is 13.2 Å². The molecule has 9 heteroatoms. The molecule has 0 spiro atoms. The Kier molecular flexibility index (Phi) is 50.8. The number of unbranched alkanes of at least 4 members (excludes halogenated alkanes) is 2. The summed E-state index contributed by atoms with van der Waals surface area (Å²) in [4.78, 5) is 34.5. The summed E-state index contributed by atoms with van der Waals surface area (Å²) < 4.78 is 9.35. The lowest BCUT2D eigenvalue weighted by Crippen LogP contribution is -2.00. The lowest BCUT2D eigenvalue weighted by Gasteiger charge is -1.97. The third-order valence-electron chi connectivity index (χ3n) is 2.55. The minimum Gasteiger partial charge on any atom is -0.478 e. The second-order valence-electron chi connectivity index (χ2n) is 7.40. The van der Waals surface area contributed by atoms with Crippen molar-refractivity contribution in [3.63, 3.8) is 0 Å². The summed E-state index contributed by atoms with van der Waals surface area (Å²) in [6.45, 7) is 16.7. The highest BCUT2D eigenvalue weighted by atomic mass is 35.5. The van der Waals surface area contributed by atoms with E-state index in [1.165, 1.54) is 12.2 Å². The maximum atomic E-state index is 10.3. The predicted octanol–water partition coefficient (Wildman–Crippen LogP) is 4.85. The number of halogens is 1. The largest absolute Gasteiger partial charge is 0.478 e. The Bertz CT molecular complexity index is 472. The predicted molar refractivity (Wildman–Crippen MR) is 146 cm³/mol. The SMILES string of the molecule is C=C(CC)C(=O)O.C=CC(=O)OCCCC.C=CC(=O)OCCCC.CN(C)C.CN(C)C.Cl. The van der Waals surface area contributed by atoms with Crippen LogP contribution in [0.2, 0.25) is 0 Å².